The molecule has 3 aromatic rings. The minimum Gasteiger partial charge on any atom is -0.361 e. The maximum atomic E-state index is 12.3. The largest absolute Gasteiger partial charge is 0.361 e. The lowest BCUT2D eigenvalue weighted by molar-refractivity contribution is -0.119. The lowest BCUT2D eigenvalue weighted by Gasteiger charge is -2.33. The van der Waals surface area contributed by atoms with E-state index in [4.69, 9.17) is 0 Å². The quantitative estimate of drug-likeness (QED) is 0.680. The van der Waals surface area contributed by atoms with Crippen LogP contribution in [0.1, 0.15) is 5.56 Å². The van der Waals surface area contributed by atoms with E-state index in [1.807, 2.05) is 42.6 Å². The summed E-state index contributed by atoms with van der Waals surface area (Å²) in [5.74, 6) is -0.202. The highest BCUT2D eigenvalue weighted by atomic mass is 16.5. The SMILES string of the molecule is O=C1Nc2ccccc2N(O)C1Cc1c[nH]c2ccccc12. The molecule has 0 bridgehead atoms. The number of nitrogens with zero attached hydrogens (tertiary/aromatic N) is 1. The third-order valence-electron chi connectivity index (χ3n) is 4.09. The maximum Gasteiger partial charge on any atom is 0.250 e. The number of rotatable bonds is 2. The van der Waals surface area contributed by atoms with Crippen molar-refractivity contribution in [3.05, 3.63) is 60.3 Å². The zero-order valence-corrected chi connectivity index (χ0v) is 11.8. The Morgan fingerprint density at radius 1 is 1.09 bits per heavy atom. The summed E-state index contributed by atoms with van der Waals surface area (Å²) in [5.41, 5.74) is 3.28. The number of benzene rings is 2. The molecular weight excluding hydrogens is 278 g/mol. The molecule has 1 unspecified atom stereocenters. The molecular formula is C17H15N3O2. The predicted molar refractivity (Wildman–Crippen MR) is 85.1 cm³/mol. The average Bonchev–Trinajstić information content (AvgIpc) is 2.95. The number of hydroxylamine groups is 1. The Balaban J connectivity index is 1.70. The summed E-state index contributed by atoms with van der Waals surface area (Å²) < 4.78 is 0. The van der Waals surface area contributed by atoms with Gasteiger partial charge in [-0.3, -0.25) is 10.0 Å². The molecule has 1 aliphatic heterocycles. The first-order valence-electron chi connectivity index (χ1n) is 7.17. The first kappa shape index (κ1) is 12.9. The minimum absolute atomic E-state index is 0.202. The lowest BCUT2D eigenvalue weighted by Crippen LogP contribution is -2.47. The Labute approximate surface area is 127 Å². The molecule has 1 aromatic heterocycles. The molecule has 2 heterocycles. The molecule has 110 valence electrons. The Bertz CT molecular complexity index is 856. The van der Waals surface area contributed by atoms with Crippen molar-refractivity contribution in [2.24, 2.45) is 0 Å². The van der Waals surface area contributed by atoms with Gasteiger partial charge in [0.25, 0.3) is 0 Å². The van der Waals surface area contributed by atoms with Crippen molar-refractivity contribution >= 4 is 28.2 Å². The normalized spacial score (nSPS) is 17.4. The van der Waals surface area contributed by atoms with Crippen LogP contribution in [0.25, 0.3) is 10.9 Å². The molecule has 0 aliphatic carbocycles. The van der Waals surface area contributed by atoms with E-state index in [0.29, 0.717) is 17.8 Å². The summed E-state index contributed by atoms with van der Waals surface area (Å²) in [6, 6.07) is 14.5. The van der Waals surface area contributed by atoms with Crippen LogP contribution in [0.5, 0.6) is 0 Å². The molecule has 0 saturated carbocycles. The highest BCUT2D eigenvalue weighted by Crippen LogP contribution is 2.32. The van der Waals surface area contributed by atoms with Crippen LogP contribution in [0.4, 0.5) is 11.4 Å². The molecule has 1 aliphatic rings. The van der Waals surface area contributed by atoms with Crippen molar-refractivity contribution < 1.29 is 10.0 Å². The Hall–Kier alpha value is -2.79. The number of amides is 1. The summed E-state index contributed by atoms with van der Waals surface area (Å²) in [4.78, 5) is 15.5. The summed E-state index contributed by atoms with van der Waals surface area (Å²) in [6.07, 6.45) is 2.33. The van der Waals surface area contributed by atoms with Gasteiger partial charge in [-0.05, 0) is 23.8 Å². The number of anilines is 2. The van der Waals surface area contributed by atoms with Crippen molar-refractivity contribution in [3.8, 4) is 0 Å². The number of H-pyrrole nitrogens is 1. The molecule has 2 aromatic carbocycles. The number of aromatic amines is 1. The van der Waals surface area contributed by atoms with Crippen LogP contribution in [-0.2, 0) is 11.2 Å². The van der Waals surface area contributed by atoms with E-state index in [-0.39, 0.29) is 5.91 Å². The number of para-hydroxylation sites is 3. The van der Waals surface area contributed by atoms with Crippen LogP contribution in [0.3, 0.4) is 0 Å². The third kappa shape index (κ3) is 1.95. The van der Waals surface area contributed by atoms with Gasteiger partial charge < -0.3 is 10.3 Å². The summed E-state index contributed by atoms with van der Waals surface area (Å²) >= 11 is 0. The van der Waals surface area contributed by atoms with Crippen molar-refractivity contribution in [2.45, 2.75) is 12.5 Å². The van der Waals surface area contributed by atoms with Gasteiger partial charge in [-0.15, -0.1) is 0 Å². The number of carbonyl (C=O) groups is 1. The van der Waals surface area contributed by atoms with E-state index in [9.17, 15) is 10.0 Å². The van der Waals surface area contributed by atoms with Crippen LogP contribution in [-0.4, -0.2) is 22.1 Å². The molecule has 1 atom stereocenters. The fourth-order valence-corrected chi connectivity index (χ4v) is 2.96. The molecule has 0 spiro atoms. The first-order valence-corrected chi connectivity index (χ1v) is 7.17. The van der Waals surface area contributed by atoms with E-state index in [1.165, 1.54) is 0 Å². The second-order valence-electron chi connectivity index (χ2n) is 5.43. The van der Waals surface area contributed by atoms with Crippen molar-refractivity contribution in [1.82, 2.24) is 4.98 Å². The van der Waals surface area contributed by atoms with E-state index in [1.54, 1.807) is 12.1 Å². The standard InChI is InChI=1S/C17H15N3O2/c21-17-16(20(22)15-8-4-3-7-14(15)19-17)9-11-10-18-13-6-2-1-5-12(11)13/h1-8,10,16,18,22H,9H2,(H,19,21). The van der Waals surface area contributed by atoms with E-state index in [0.717, 1.165) is 21.5 Å². The van der Waals surface area contributed by atoms with Crippen LogP contribution >= 0.6 is 0 Å². The predicted octanol–water partition coefficient (Wildman–Crippen LogP) is 2.93. The first-order chi connectivity index (χ1) is 10.7. The van der Waals surface area contributed by atoms with Gasteiger partial charge in [0.1, 0.15) is 6.04 Å². The highest BCUT2D eigenvalue weighted by molar-refractivity contribution is 6.03. The summed E-state index contributed by atoms with van der Waals surface area (Å²) in [7, 11) is 0. The molecule has 5 nitrogen and oxygen atoms in total. The fourth-order valence-electron chi connectivity index (χ4n) is 2.96. The number of carbonyl (C=O) groups excluding carboxylic acids is 1. The van der Waals surface area contributed by atoms with E-state index in [2.05, 4.69) is 10.3 Å². The number of hydrogen-bond acceptors (Lipinski definition) is 3. The maximum absolute atomic E-state index is 12.3. The highest BCUT2D eigenvalue weighted by Gasteiger charge is 2.32. The summed E-state index contributed by atoms with van der Waals surface area (Å²) in [6.45, 7) is 0. The minimum atomic E-state index is -0.644. The second kappa shape index (κ2) is 4.89. The Morgan fingerprint density at radius 2 is 1.86 bits per heavy atom. The van der Waals surface area contributed by atoms with Gasteiger partial charge in [0.05, 0.1) is 11.4 Å². The third-order valence-corrected chi connectivity index (χ3v) is 4.09. The monoisotopic (exact) mass is 293 g/mol. The van der Waals surface area contributed by atoms with Crippen LogP contribution < -0.4 is 10.4 Å². The molecule has 22 heavy (non-hydrogen) atoms. The fraction of sp³-hybridized carbons (Fsp3) is 0.118. The van der Waals surface area contributed by atoms with Gasteiger partial charge >= 0.3 is 0 Å². The molecule has 0 fully saturated rings. The number of hydrogen-bond donors (Lipinski definition) is 3. The van der Waals surface area contributed by atoms with E-state index >= 15 is 0 Å². The van der Waals surface area contributed by atoms with Gasteiger partial charge in [0, 0.05) is 23.5 Å². The molecule has 0 saturated heterocycles. The van der Waals surface area contributed by atoms with Crippen molar-refractivity contribution in [2.75, 3.05) is 10.4 Å². The lowest BCUT2D eigenvalue weighted by atomic mass is 10.0. The van der Waals surface area contributed by atoms with Gasteiger partial charge in [-0.1, -0.05) is 30.3 Å². The zero-order valence-electron chi connectivity index (χ0n) is 11.8. The van der Waals surface area contributed by atoms with Gasteiger partial charge in [0.15, 0.2) is 0 Å². The van der Waals surface area contributed by atoms with Crippen LogP contribution in [0.15, 0.2) is 54.7 Å². The van der Waals surface area contributed by atoms with Crippen molar-refractivity contribution in [3.63, 3.8) is 0 Å². The average molecular weight is 293 g/mol. The zero-order chi connectivity index (χ0) is 15.1. The summed E-state index contributed by atoms with van der Waals surface area (Å²) in [5, 5.41) is 15.4. The van der Waals surface area contributed by atoms with Gasteiger partial charge in [0.2, 0.25) is 5.91 Å². The number of aromatic nitrogens is 1. The smallest absolute Gasteiger partial charge is 0.250 e. The molecule has 0 radical (unpaired) electrons. The molecule has 1 amide bonds. The van der Waals surface area contributed by atoms with Gasteiger partial charge in [-0.2, -0.15) is 0 Å². The van der Waals surface area contributed by atoms with Crippen LogP contribution in [0.2, 0.25) is 0 Å². The van der Waals surface area contributed by atoms with Crippen LogP contribution in [0, 0.1) is 0 Å². The Kier molecular flexibility index (Phi) is 2.87. The topological polar surface area (TPSA) is 68.4 Å². The number of fused-ring (bicyclic) bond motifs is 2. The molecule has 4 rings (SSSR count). The Morgan fingerprint density at radius 3 is 2.77 bits per heavy atom. The second-order valence-corrected chi connectivity index (χ2v) is 5.43. The van der Waals surface area contributed by atoms with Crippen molar-refractivity contribution in [1.29, 1.82) is 0 Å². The molecule has 3 N–H and O–H groups in total. The number of nitrogens with one attached hydrogen (secondary N) is 2. The van der Waals surface area contributed by atoms with Gasteiger partial charge in [-0.25, -0.2) is 5.06 Å². The molecule has 5 heteroatoms. The van der Waals surface area contributed by atoms with E-state index < -0.39 is 6.04 Å².